The maximum atomic E-state index is 10.3. The van der Waals surface area contributed by atoms with Crippen LogP contribution in [0.15, 0.2) is 24.5 Å². The minimum absolute atomic E-state index is 0.111. The van der Waals surface area contributed by atoms with Crippen molar-refractivity contribution in [1.29, 1.82) is 0 Å². The van der Waals surface area contributed by atoms with Gasteiger partial charge in [0.2, 0.25) is 0 Å². The lowest BCUT2D eigenvalue weighted by atomic mass is 9.89. The molecular weight excluding hydrogens is 312 g/mol. The molecule has 2 N–H and O–H groups in total. The minimum Gasteiger partial charge on any atom is -0.391 e. The van der Waals surface area contributed by atoms with E-state index in [0.29, 0.717) is 12.1 Å². The number of likely N-dealkylation sites (tertiary alicyclic amines) is 1. The first kappa shape index (κ1) is 17.0. The third-order valence-electron chi connectivity index (χ3n) is 5.99. The minimum atomic E-state index is -0.111. The van der Waals surface area contributed by atoms with E-state index in [1.54, 1.807) is 0 Å². The van der Waals surface area contributed by atoms with Crippen LogP contribution in [0.2, 0.25) is 0 Å². The average Bonchev–Trinajstić information content (AvgIpc) is 3.03. The van der Waals surface area contributed by atoms with Gasteiger partial charge in [-0.1, -0.05) is 18.9 Å². The van der Waals surface area contributed by atoms with Crippen molar-refractivity contribution in [1.82, 2.24) is 19.6 Å². The molecule has 1 saturated heterocycles. The Morgan fingerprint density at radius 1 is 1.16 bits per heavy atom. The number of aromatic nitrogens is 2. The van der Waals surface area contributed by atoms with Crippen molar-refractivity contribution in [3.63, 3.8) is 0 Å². The molecule has 0 spiro atoms. The summed E-state index contributed by atoms with van der Waals surface area (Å²) in [7, 11) is 0. The fourth-order valence-electron chi connectivity index (χ4n) is 4.47. The first-order valence-corrected chi connectivity index (χ1v) is 9.79. The van der Waals surface area contributed by atoms with Gasteiger partial charge in [0.05, 0.1) is 18.0 Å². The number of nitrogens with one attached hydrogen (secondary N) is 1. The summed E-state index contributed by atoms with van der Waals surface area (Å²) in [5.74, 6) is 0. The predicted octanol–water partition coefficient (Wildman–Crippen LogP) is 2.50. The fraction of sp³-hybridized carbons (Fsp3) is 0.650. The van der Waals surface area contributed by atoms with E-state index >= 15 is 0 Å². The van der Waals surface area contributed by atoms with Crippen molar-refractivity contribution in [3.8, 4) is 0 Å². The lowest BCUT2D eigenvalue weighted by Gasteiger charge is -2.41. The summed E-state index contributed by atoms with van der Waals surface area (Å²) in [6, 6.07) is 5.14. The molecule has 1 aliphatic heterocycles. The summed E-state index contributed by atoms with van der Waals surface area (Å²) in [5, 5.41) is 14.0. The monoisotopic (exact) mass is 342 g/mol. The van der Waals surface area contributed by atoms with Crippen molar-refractivity contribution in [2.24, 2.45) is 0 Å². The molecule has 0 aromatic carbocycles. The maximum Gasteiger partial charge on any atom is 0.136 e. The topological polar surface area (TPSA) is 52.8 Å². The third kappa shape index (κ3) is 3.73. The van der Waals surface area contributed by atoms with Gasteiger partial charge in [0.25, 0.3) is 0 Å². The summed E-state index contributed by atoms with van der Waals surface area (Å²) in [6.07, 6.45) is 11.0. The number of nitrogens with zero attached hydrogens (tertiary/aromatic N) is 3. The smallest absolute Gasteiger partial charge is 0.136 e. The van der Waals surface area contributed by atoms with E-state index in [1.165, 1.54) is 43.4 Å². The summed E-state index contributed by atoms with van der Waals surface area (Å²) in [6.45, 7) is 5.19. The van der Waals surface area contributed by atoms with Crippen molar-refractivity contribution in [2.75, 3.05) is 13.1 Å². The number of aliphatic hydroxyl groups is 1. The van der Waals surface area contributed by atoms with Crippen molar-refractivity contribution < 1.29 is 5.11 Å². The summed E-state index contributed by atoms with van der Waals surface area (Å²) in [5.41, 5.74) is 3.50. The molecule has 1 aliphatic carbocycles. The van der Waals surface area contributed by atoms with Gasteiger partial charge in [-0.3, -0.25) is 4.90 Å². The molecule has 5 heteroatoms. The van der Waals surface area contributed by atoms with Crippen LogP contribution < -0.4 is 5.32 Å². The number of rotatable bonds is 4. The van der Waals surface area contributed by atoms with Gasteiger partial charge in [-0.2, -0.15) is 0 Å². The highest BCUT2D eigenvalue weighted by atomic mass is 16.3. The molecule has 0 amide bonds. The van der Waals surface area contributed by atoms with Crippen LogP contribution in [0.25, 0.3) is 5.65 Å². The zero-order chi connectivity index (χ0) is 17.2. The second-order valence-electron chi connectivity index (χ2n) is 7.79. The van der Waals surface area contributed by atoms with Crippen LogP contribution in [0.3, 0.4) is 0 Å². The number of aliphatic hydroxyl groups excluding tert-OH is 1. The molecule has 136 valence electrons. The Bertz CT molecular complexity index is 705. The molecule has 2 fully saturated rings. The van der Waals surface area contributed by atoms with E-state index in [-0.39, 0.29) is 6.10 Å². The number of fused-ring (bicyclic) bond motifs is 1. The standard InChI is InChI=1S/C20H30N4O/c1-15-6-7-20-22-13-17(24(20)14-15)12-21-16-8-10-23(11-9-16)18-4-2-3-5-19(18)25/h6-7,13-14,16,18-19,21,25H,2-5,8-12H2,1H3. The number of hydrogen-bond acceptors (Lipinski definition) is 4. The normalized spacial score (nSPS) is 26.3. The molecule has 2 aromatic rings. The molecule has 25 heavy (non-hydrogen) atoms. The van der Waals surface area contributed by atoms with E-state index in [4.69, 9.17) is 0 Å². The van der Waals surface area contributed by atoms with Crippen molar-refractivity contribution in [2.45, 2.75) is 70.2 Å². The molecule has 2 unspecified atom stereocenters. The second kappa shape index (κ2) is 7.44. The first-order chi connectivity index (χ1) is 12.2. The highest BCUT2D eigenvalue weighted by Crippen LogP contribution is 2.26. The SMILES string of the molecule is Cc1ccc2ncc(CNC3CCN(C4CCCCC4O)CC3)n2c1. The number of pyridine rings is 1. The average molecular weight is 342 g/mol. The molecular formula is C20H30N4O. The second-order valence-corrected chi connectivity index (χ2v) is 7.79. The van der Waals surface area contributed by atoms with Crippen LogP contribution in [0.5, 0.6) is 0 Å². The van der Waals surface area contributed by atoms with Crippen LogP contribution in [0.1, 0.15) is 49.8 Å². The van der Waals surface area contributed by atoms with E-state index in [1.807, 2.05) is 6.20 Å². The number of hydrogen-bond donors (Lipinski definition) is 2. The van der Waals surface area contributed by atoms with Gasteiger partial charge in [0.15, 0.2) is 0 Å². The van der Waals surface area contributed by atoms with E-state index in [9.17, 15) is 5.11 Å². The van der Waals surface area contributed by atoms with Crippen LogP contribution in [0.4, 0.5) is 0 Å². The molecule has 5 nitrogen and oxygen atoms in total. The number of piperidine rings is 1. The van der Waals surface area contributed by atoms with Crippen LogP contribution >= 0.6 is 0 Å². The summed E-state index contributed by atoms with van der Waals surface area (Å²) >= 11 is 0. The molecule has 0 radical (unpaired) electrons. The number of aryl methyl sites for hydroxylation is 1. The largest absolute Gasteiger partial charge is 0.391 e. The van der Waals surface area contributed by atoms with Gasteiger partial charge < -0.3 is 14.8 Å². The molecule has 1 saturated carbocycles. The molecule has 3 heterocycles. The molecule has 2 aliphatic rings. The van der Waals surface area contributed by atoms with E-state index in [0.717, 1.165) is 31.7 Å². The van der Waals surface area contributed by atoms with Crippen LogP contribution in [0, 0.1) is 6.92 Å². The van der Waals surface area contributed by atoms with Gasteiger partial charge in [-0.25, -0.2) is 4.98 Å². The Balaban J connectivity index is 1.30. The Morgan fingerprint density at radius 2 is 1.96 bits per heavy atom. The van der Waals surface area contributed by atoms with Gasteiger partial charge >= 0.3 is 0 Å². The highest BCUT2D eigenvalue weighted by molar-refractivity contribution is 5.41. The molecule has 2 aromatic heterocycles. The van der Waals surface area contributed by atoms with Gasteiger partial charge in [-0.15, -0.1) is 0 Å². The van der Waals surface area contributed by atoms with Crippen LogP contribution in [-0.4, -0.2) is 50.7 Å². The van der Waals surface area contributed by atoms with E-state index in [2.05, 4.69) is 44.9 Å². The Morgan fingerprint density at radius 3 is 2.76 bits per heavy atom. The highest BCUT2D eigenvalue weighted by Gasteiger charge is 2.31. The molecule has 4 rings (SSSR count). The number of imidazole rings is 1. The molecule has 2 atom stereocenters. The third-order valence-corrected chi connectivity index (χ3v) is 5.99. The van der Waals surface area contributed by atoms with Crippen molar-refractivity contribution >= 4 is 5.65 Å². The van der Waals surface area contributed by atoms with E-state index < -0.39 is 0 Å². The summed E-state index contributed by atoms with van der Waals surface area (Å²) < 4.78 is 2.19. The van der Waals surface area contributed by atoms with Crippen molar-refractivity contribution in [3.05, 3.63) is 35.8 Å². The predicted molar refractivity (Wildman–Crippen MR) is 99.6 cm³/mol. The van der Waals surface area contributed by atoms with Gasteiger partial charge in [-0.05, 0) is 44.2 Å². The van der Waals surface area contributed by atoms with Gasteiger partial charge in [0, 0.05) is 37.9 Å². The Kier molecular flexibility index (Phi) is 5.06. The zero-order valence-corrected chi connectivity index (χ0v) is 15.2. The lowest BCUT2D eigenvalue weighted by Crippen LogP contribution is -2.51. The lowest BCUT2D eigenvalue weighted by molar-refractivity contribution is 0.00712. The quantitative estimate of drug-likeness (QED) is 0.896. The van der Waals surface area contributed by atoms with Crippen LogP contribution in [-0.2, 0) is 6.54 Å². The Hall–Kier alpha value is -1.43. The zero-order valence-electron chi connectivity index (χ0n) is 15.2. The fourth-order valence-corrected chi connectivity index (χ4v) is 4.47. The maximum absolute atomic E-state index is 10.3. The summed E-state index contributed by atoms with van der Waals surface area (Å²) in [4.78, 5) is 7.02. The first-order valence-electron chi connectivity index (χ1n) is 9.79. The molecule has 0 bridgehead atoms. The van der Waals surface area contributed by atoms with Gasteiger partial charge in [0.1, 0.15) is 5.65 Å². The Labute approximate surface area is 150 Å².